The smallest absolute Gasteiger partial charge is 0.408 e. The molecule has 1 aromatic carbocycles. The number of non-ortho nitro benzene ring substituents is 1. The molecule has 2 atom stereocenters. The van der Waals surface area contributed by atoms with Gasteiger partial charge in [-0.05, 0) is 44.9 Å². The minimum atomic E-state index is -1.18. The maximum atomic E-state index is 12.5. The topological polar surface area (TPSA) is 108 Å². The monoisotopic (exact) mass is 362 g/mol. The molecule has 1 amide bonds. The van der Waals surface area contributed by atoms with Crippen molar-refractivity contribution in [3.63, 3.8) is 0 Å². The number of ether oxygens (including phenoxy) is 2. The van der Waals surface area contributed by atoms with Crippen LogP contribution in [0.1, 0.15) is 32.8 Å². The Morgan fingerprint density at radius 3 is 2.46 bits per heavy atom. The molecule has 2 rings (SSSR count). The Morgan fingerprint density at radius 1 is 1.38 bits per heavy atom. The van der Waals surface area contributed by atoms with Gasteiger partial charge in [-0.1, -0.05) is 6.08 Å². The van der Waals surface area contributed by atoms with Crippen LogP contribution in [0.4, 0.5) is 10.5 Å². The van der Waals surface area contributed by atoms with Gasteiger partial charge in [0.15, 0.2) is 0 Å². The molecular weight excluding hydrogens is 340 g/mol. The summed E-state index contributed by atoms with van der Waals surface area (Å²) in [6, 6.07) is 5.69. The van der Waals surface area contributed by atoms with Crippen LogP contribution < -0.4 is 5.32 Å². The van der Waals surface area contributed by atoms with E-state index < -0.39 is 28.1 Å². The number of nitro groups is 1. The molecule has 26 heavy (non-hydrogen) atoms. The molecule has 1 saturated carbocycles. The van der Waals surface area contributed by atoms with E-state index in [4.69, 9.17) is 9.47 Å². The number of benzene rings is 1. The van der Waals surface area contributed by atoms with Gasteiger partial charge in [-0.3, -0.25) is 10.1 Å². The maximum absolute atomic E-state index is 12.5. The minimum Gasteiger partial charge on any atom is -0.459 e. The summed E-state index contributed by atoms with van der Waals surface area (Å²) in [4.78, 5) is 34.7. The second kappa shape index (κ2) is 7.15. The molecule has 8 heteroatoms. The Hall–Kier alpha value is -2.90. The molecule has 1 aliphatic carbocycles. The van der Waals surface area contributed by atoms with Gasteiger partial charge in [0, 0.05) is 18.1 Å². The SMILES string of the molecule is C=C[C@H]1C[C@@]1(NC(=O)OC(C)(C)C)C(=O)OCc1ccc([N+](=O)[O-])cc1. The van der Waals surface area contributed by atoms with Gasteiger partial charge in [0.2, 0.25) is 0 Å². The van der Waals surface area contributed by atoms with Gasteiger partial charge < -0.3 is 14.8 Å². The van der Waals surface area contributed by atoms with E-state index >= 15 is 0 Å². The Balaban J connectivity index is 1.99. The van der Waals surface area contributed by atoms with Crippen LogP contribution >= 0.6 is 0 Å². The fourth-order valence-electron chi connectivity index (χ4n) is 2.48. The van der Waals surface area contributed by atoms with E-state index in [1.165, 1.54) is 24.3 Å². The lowest BCUT2D eigenvalue weighted by Crippen LogP contribution is -2.47. The second-order valence-electron chi connectivity index (χ2n) is 7.14. The first-order valence-corrected chi connectivity index (χ1v) is 8.12. The predicted octanol–water partition coefficient (Wildman–Crippen LogP) is 3.11. The predicted molar refractivity (Wildman–Crippen MR) is 93.3 cm³/mol. The van der Waals surface area contributed by atoms with E-state index in [9.17, 15) is 19.7 Å². The zero-order valence-electron chi connectivity index (χ0n) is 15.0. The number of amides is 1. The highest BCUT2D eigenvalue weighted by Gasteiger charge is 2.61. The van der Waals surface area contributed by atoms with E-state index in [-0.39, 0.29) is 18.2 Å². The summed E-state index contributed by atoms with van der Waals surface area (Å²) in [5.74, 6) is -0.828. The highest BCUT2D eigenvalue weighted by Crippen LogP contribution is 2.45. The van der Waals surface area contributed by atoms with Crippen LogP contribution in [0, 0.1) is 16.0 Å². The van der Waals surface area contributed by atoms with Crippen LogP contribution in [-0.2, 0) is 20.9 Å². The maximum Gasteiger partial charge on any atom is 0.408 e. The van der Waals surface area contributed by atoms with Gasteiger partial charge in [-0.2, -0.15) is 0 Å². The lowest BCUT2D eigenvalue weighted by atomic mass is 10.2. The summed E-state index contributed by atoms with van der Waals surface area (Å²) >= 11 is 0. The molecule has 0 heterocycles. The van der Waals surface area contributed by atoms with Gasteiger partial charge in [-0.15, -0.1) is 6.58 Å². The second-order valence-corrected chi connectivity index (χ2v) is 7.14. The van der Waals surface area contributed by atoms with Crippen LogP contribution in [0.25, 0.3) is 0 Å². The van der Waals surface area contributed by atoms with Gasteiger partial charge in [0.05, 0.1) is 4.92 Å². The fourth-order valence-corrected chi connectivity index (χ4v) is 2.48. The van der Waals surface area contributed by atoms with Crippen molar-refractivity contribution in [2.24, 2.45) is 5.92 Å². The fraction of sp³-hybridized carbons (Fsp3) is 0.444. The molecule has 0 aromatic heterocycles. The standard InChI is InChI=1S/C18H22N2O6/c1-5-13-10-18(13,19-16(22)26-17(2,3)4)15(21)25-11-12-6-8-14(9-7-12)20(23)24/h5-9,13H,1,10-11H2,2-4H3,(H,19,22)/t13-,18-/m0/s1. The molecular formula is C18H22N2O6. The van der Waals surface area contributed by atoms with E-state index in [2.05, 4.69) is 11.9 Å². The molecule has 0 saturated heterocycles. The number of hydrogen-bond donors (Lipinski definition) is 1. The van der Waals surface area contributed by atoms with Gasteiger partial charge in [0.25, 0.3) is 5.69 Å². The summed E-state index contributed by atoms with van der Waals surface area (Å²) in [7, 11) is 0. The Kier molecular flexibility index (Phi) is 5.34. The molecule has 1 aromatic rings. The van der Waals surface area contributed by atoms with E-state index in [1.807, 2.05) is 0 Å². The minimum absolute atomic E-state index is 0.0444. The van der Waals surface area contributed by atoms with Crippen molar-refractivity contribution in [3.05, 3.63) is 52.6 Å². The third-order valence-corrected chi connectivity index (χ3v) is 3.90. The highest BCUT2D eigenvalue weighted by atomic mass is 16.6. The van der Waals surface area contributed by atoms with Crippen molar-refractivity contribution < 1.29 is 24.0 Å². The third kappa shape index (κ3) is 4.59. The molecule has 0 unspecified atom stereocenters. The summed E-state index contributed by atoms with van der Waals surface area (Å²) in [6.45, 7) is 8.78. The number of nitrogens with zero attached hydrogens (tertiary/aromatic N) is 1. The third-order valence-electron chi connectivity index (χ3n) is 3.90. The van der Waals surface area contributed by atoms with Crippen molar-refractivity contribution in [2.45, 2.75) is 44.9 Å². The number of rotatable bonds is 6. The van der Waals surface area contributed by atoms with Crippen LogP contribution in [-0.4, -0.2) is 28.1 Å². The van der Waals surface area contributed by atoms with Crippen LogP contribution in [0.3, 0.4) is 0 Å². The van der Waals surface area contributed by atoms with Crippen molar-refractivity contribution in [1.82, 2.24) is 5.32 Å². The first-order valence-electron chi connectivity index (χ1n) is 8.12. The summed E-state index contributed by atoms with van der Waals surface area (Å²) in [6.07, 6.45) is 1.27. The summed E-state index contributed by atoms with van der Waals surface area (Å²) in [5, 5.41) is 13.2. The van der Waals surface area contributed by atoms with Gasteiger partial charge >= 0.3 is 12.1 Å². The van der Waals surface area contributed by atoms with Crippen molar-refractivity contribution in [3.8, 4) is 0 Å². The van der Waals surface area contributed by atoms with Gasteiger partial charge in [-0.25, -0.2) is 9.59 Å². The van der Waals surface area contributed by atoms with Crippen LogP contribution in [0.15, 0.2) is 36.9 Å². The molecule has 1 aliphatic rings. The number of carbonyl (C=O) groups is 2. The molecule has 8 nitrogen and oxygen atoms in total. The average Bonchev–Trinajstić information content (AvgIpc) is 3.25. The summed E-state index contributed by atoms with van der Waals surface area (Å²) < 4.78 is 10.5. The largest absolute Gasteiger partial charge is 0.459 e. The molecule has 1 fully saturated rings. The van der Waals surface area contributed by atoms with E-state index in [0.29, 0.717) is 12.0 Å². The molecule has 0 bridgehead atoms. The molecule has 0 radical (unpaired) electrons. The number of hydrogen-bond acceptors (Lipinski definition) is 6. The summed E-state index contributed by atoms with van der Waals surface area (Å²) in [5.41, 5.74) is -1.30. The highest BCUT2D eigenvalue weighted by molar-refractivity contribution is 5.90. The molecule has 0 aliphatic heterocycles. The quantitative estimate of drug-likeness (QED) is 0.360. The Labute approximate surface area is 151 Å². The normalized spacial score (nSPS) is 21.4. The van der Waals surface area contributed by atoms with Crippen LogP contribution in [0.5, 0.6) is 0 Å². The van der Waals surface area contributed by atoms with E-state index in [0.717, 1.165) is 0 Å². The Morgan fingerprint density at radius 2 is 2.00 bits per heavy atom. The van der Waals surface area contributed by atoms with Crippen molar-refractivity contribution in [2.75, 3.05) is 0 Å². The number of nitrogens with one attached hydrogen (secondary N) is 1. The lowest BCUT2D eigenvalue weighted by Gasteiger charge is -2.23. The van der Waals surface area contributed by atoms with Gasteiger partial charge in [0.1, 0.15) is 17.7 Å². The van der Waals surface area contributed by atoms with Crippen LogP contribution in [0.2, 0.25) is 0 Å². The zero-order chi connectivity index (χ0) is 19.5. The number of carbonyl (C=O) groups excluding carboxylic acids is 2. The molecule has 1 N–H and O–H groups in total. The lowest BCUT2D eigenvalue weighted by molar-refractivity contribution is -0.384. The van der Waals surface area contributed by atoms with Crippen molar-refractivity contribution in [1.29, 1.82) is 0 Å². The molecule has 0 spiro atoms. The van der Waals surface area contributed by atoms with Crippen molar-refractivity contribution >= 4 is 17.7 Å². The average molecular weight is 362 g/mol. The Bertz CT molecular complexity index is 722. The number of alkyl carbamates (subject to hydrolysis) is 1. The van der Waals surface area contributed by atoms with E-state index in [1.54, 1.807) is 26.8 Å². The molecule has 140 valence electrons. The first-order chi connectivity index (χ1) is 12.1. The number of nitro benzene ring substituents is 1. The first kappa shape index (κ1) is 19.4. The number of esters is 1. The zero-order valence-corrected chi connectivity index (χ0v) is 15.0.